The summed E-state index contributed by atoms with van der Waals surface area (Å²) in [6, 6.07) is 4.64. The van der Waals surface area contributed by atoms with Crippen LogP contribution in [0.5, 0.6) is 0 Å². The minimum atomic E-state index is -0.653. The van der Waals surface area contributed by atoms with Gasteiger partial charge in [0, 0.05) is 31.4 Å². The summed E-state index contributed by atoms with van der Waals surface area (Å²) in [5.41, 5.74) is 1.58. The Morgan fingerprint density at radius 2 is 2.26 bits per heavy atom. The second-order valence-electron chi connectivity index (χ2n) is 5.68. The Morgan fingerprint density at radius 3 is 2.84 bits per heavy atom. The van der Waals surface area contributed by atoms with E-state index < -0.39 is 6.10 Å². The number of benzene rings is 1. The molecule has 1 saturated heterocycles. The van der Waals surface area contributed by atoms with Gasteiger partial charge in [-0.15, -0.1) is 0 Å². The van der Waals surface area contributed by atoms with E-state index >= 15 is 0 Å². The van der Waals surface area contributed by atoms with Gasteiger partial charge in [-0.3, -0.25) is 0 Å². The van der Waals surface area contributed by atoms with Gasteiger partial charge in [-0.25, -0.2) is 4.39 Å². The smallest absolute Gasteiger partial charge is 0.123 e. The Hall–Kier alpha value is -1.13. The maximum absolute atomic E-state index is 13.3. The van der Waals surface area contributed by atoms with Crippen LogP contribution in [-0.4, -0.2) is 43.7 Å². The first-order chi connectivity index (χ1) is 8.97. The summed E-state index contributed by atoms with van der Waals surface area (Å²) in [5, 5.41) is 9.78. The fraction of sp³-hybridized carbons (Fsp3) is 0.600. The average Bonchev–Trinajstić information content (AvgIpc) is 2.74. The molecule has 1 heterocycles. The van der Waals surface area contributed by atoms with Gasteiger partial charge in [-0.1, -0.05) is 0 Å². The topological polar surface area (TPSA) is 26.7 Å². The highest BCUT2D eigenvalue weighted by atomic mass is 19.1. The second kappa shape index (κ2) is 5.88. The number of halogens is 1. The summed E-state index contributed by atoms with van der Waals surface area (Å²) in [5.74, 6) is 0.343. The quantitative estimate of drug-likeness (QED) is 0.905. The summed E-state index contributed by atoms with van der Waals surface area (Å²) in [4.78, 5) is 4.46. The third kappa shape index (κ3) is 3.45. The average molecular weight is 266 g/mol. The Kier molecular flexibility index (Phi) is 4.42. The predicted molar refractivity (Wildman–Crippen MR) is 75.9 cm³/mol. The molecule has 0 radical (unpaired) electrons. The lowest BCUT2D eigenvalue weighted by atomic mass is 10.0. The third-order valence-electron chi connectivity index (χ3n) is 3.87. The third-order valence-corrected chi connectivity index (χ3v) is 3.87. The highest BCUT2D eigenvalue weighted by molar-refractivity contribution is 5.54. The number of hydrogen-bond acceptors (Lipinski definition) is 3. The van der Waals surface area contributed by atoms with E-state index in [1.54, 1.807) is 13.0 Å². The van der Waals surface area contributed by atoms with Crippen molar-refractivity contribution in [2.45, 2.75) is 19.4 Å². The molecule has 106 valence electrons. The van der Waals surface area contributed by atoms with Crippen molar-refractivity contribution in [1.82, 2.24) is 4.90 Å². The molecule has 1 aliphatic rings. The van der Waals surface area contributed by atoms with Crippen LogP contribution < -0.4 is 4.90 Å². The van der Waals surface area contributed by atoms with Gasteiger partial charge < -0.3 is 14.9 Å². The summed E-state index contributed by atoms with van der Waals surface area (Å²) in [7, 11) is 4.15. The molecule has 2 atom stereocenters. The van der Waals surface area contributed by atoms with Crippen LogP contribution in [0, 0.1) is 11.7 Å². The highest BCUT2D eigenvalue weighted by Gasteiger charge is 2.22. The number of anilines is 1. The molecule has 19 heavy (non-hydrogen) atoms. The summed E-state index contributed by atoms with van der Waals surface area (Å²) >= 11 is 0. The molecule has 1 fully saturated rings. The molecule has 0 aliphatic carbocycles. The van der Waals surface area contributed by atoms with Crippen molar-refractivity contribution >= 4 is 5.69 Å². The van der Waals surface area contributed by atoms with Crippen molar-refractivity contribution in [2.75, 3.05) is 38.6 Å². The molecule has 0 spiro atoms. The fourth-order valence-electron chi connectivity index (χ4n) is 2.87. The molecule has 4 heteroatoms. The summed E-state index contributed by atoms with van der Waals surface area (Å²) < 4.78 is 13.3. The Bertz CT molecular complexity index is 436. The van der Waals surface area contributed by atoms with Crippen molar-refractivity contribution in [2.24, 2.45) is 5.92 Å². The molecule has 2 unspecified atom stereocenters. The van der Waals surface area contributed by atoms with E-state index in [1.165, 1.54) is 18.6 Å². The first-order valence-corrected chi connectivity index (χ1v) is 6.84. The fourth-order valence-corrected chi connectivity index (χ4v) is 2.87. The SMILES string of the molecule is CC(O)c1cc(F)ccc1N(C)CC1CCN(C)C1. The zero-order chi connectivity index (χ0) is 14.0. The lowest BCUT2D eigenvalue weighted by Crippen LogP contribution is -2.28. The molecular formula is C15H23FN2O. The maximum atomic E-state index is 13.3. The number of aliphatic hydroxyl groups excluding tert-OH is 1. The van der Waals surface area contributed by atoms with Crippen molar-refractivity contribution in [3.8, 4) is 0 Å². The Labute approximate surface area is 114 Å². The van der Waals surface area contributed by atoms with E-state index in [0.717, 1.165) is 25.3 Å². The van der Waals surface area contributed by atoms with Gasteiger partial charge in [-0.05, 0) is 51.1 Å². The van der Waals surface area contributed by atoms with Crippen LogP contribution in [0.15, 0.2) is 18.2 Å². The van der Waals surface area contributed by atoms with Gasteiger partial charge in [0.15, 0.2) is 0 Å². The first kappa shape index (κ1) is 14.3. The van der Waals surface area contributed by atoms with Crippen molar-refractivity contribution in [3.63, 3.8) is 0 Å². The number of nitrogens with zero attached hydrogens (tertiary/aromatic N) is 2. The van der Waals surface area contributed by atoms with Gasteiger partial charge in [0.2, 0.25) is 0 Å². The van der Waals surface area contributed by atoms with Crippen LogP contribution in [0.3, 0.4) is 0 Å². The molecule has 0 bridgehead atoms. The minimum Gasteiger partial charge on any atom is -0.389 e. The molecule has 0 amide bonds. The minimum absolute atomic E-state index is 0.298. The van der Waals surface area contributed by atoms with E-state index in [9.17, 15) is 9.50 Å². The highest BCUT2D eigenvalue weighted by Crippen LogP contribution is 2.28. The molecule has 0 aromatic heterocycles. The van der Waals surface area contributed by atoms with Gasteiger partial charge in [0.1, 0.15) is 5.82 Å². The molecule has 1 N–H and O–H groups in total. The standard InChI is InChI=1S/C15H23FN2O/c1-11(19)14-8-13(16)4-5-15(14)18(3)10-12-6-7-17(2)9-12/h4-5,8,11-12,19H,6-7,9-10H2,1-3H3. The second-order valence-corrected chi connectivity index (χ2v) is 5.68. The van der Waals surface area contributed by atoms with Crippen molar-refractivity contribution in [1.29, 1.82) is 0 Å². The monoisotopic (exact) mass is 266 g/mol. The molecule has 1 aromatic rings. The van der Waals surface area contributed by atoms with Crippen LogP contribution in [0.4, 0.5) is 10.1 Å². The Morgan fingerprint density at radius 1 is 1.53 bits per heavy atom. The van der Waals surface area contributed by atoms with Crippen LogP contribution in [0.1, 0.15) is 25.0 Å². The normalized spacial score (nSPS) is 21.6. The number of hydrogen-bond donors (Lipinski definition) is 1. The lowest BCUT2D eigenvalue weighted by molar-refractivity contribution is 0.199. The van der Waals surface area contributed by atoms with E-state index in [1.807, 2.05) is 7.05 Å². The molecule has 3 nitrogen and oxygen atoms in total. The van der Waals surface area contributed by atoms with Gasteiger partial charge in [0.05, 0.1) is 6.10 Å². The molecule has 2 rings (SSSR count). The number of rotatable bonds is 4. The zero-order valence-corrected chi connectivity index (χ0v) is 11.9. The molecular weight excluding hydrogens is 243 g/mol. The van der Waals surface area contributed by atoms with Gasteiger partial charge in [-0.2, -0.15) is 0 Å². The van der Waals surface area contributed by atoms with Crippen LogP contribution >= 0.6 is 0 Å². The van der Waals surface area contributed by atoms with E-state index in [0.29, 0.717) is 11.5 Å². The summed E-state index contributed by atoms with van der Waals surface area (Å²) in [6.07, 6.45) is 0.547. The zero-order valence-electron chi connectivity index (χ0n) is 11.9. The lowest BCUT2D eigenvalue weighted by Gasteiger charge is -2.26. The largest absolute Gasteiger partial charge is 0.389 e. The molecule has 1 aromatic carbocycles. The van der Waals surface area contributed by atoms with Crippen LogP contribution in [0.25, 0.3) is 0 Å². The van der Waals surface area contributed by atoms with E-state index in [-0.39, 0.29) is 5.82 Å². The first-order valence-electron chi connectivity index (χ1n) is 6.84. The van der Waals surface area contributed by atoms with E-state index in [4.69, 9.17) is 0 Å². The maximum Gasteiger partial charge on any atom is 0.123 e. The van der Waals surface area contributed by atoms with Crippen molar-refractivity contribution < 1.29 is 9.50 Å². The van der Waals surface area contributed by atoms with Gasteiger partial charge in [0.25, 0.3) is 0 Å². The number of likely N-dealkylation sites (tertiary alicyclic amines) is 1. The van der Waals surface area contributed by atoms with Crippen LogP contribution in [0.2, 0.25) is 0 Å². The number of aliphatic hydroxyl groups is 1. The van der Waals surface area contributed by atoms with E-state index in [2.05, 4.69) is 16.8 Å². The Balaban J connectivity index is 2.12. The molecule has 0 saturated carbocycles. The van der Waals surface area contributed by atoms with Gasteiger partial charge >= 0.3 is 0 Å². The summed E-state index contributed by atoms with van der Waals surface area (Å²) in [6.45, 7) is 4.87. The predicted octanol–water partition coefficient (Wildman–Crippen LogP) is 2.27. The van der Waals surface area contributed by atoms with Crippen molar-refractivity contribution in [3.05, 3.63) is 29.6 Å². The van der Waals surface area contributed by atoms with Crippen LogP contribution in [-0.2, 0) is 0 Å². The molecule has 1 aliphatic heterocycles.